The lowest BCUT2D eigenvalue weighted by Gasteiger charge is -2.30. The number of hydrogen-bond acceptors (Lipinski definition) is 16. The number of ether oxygens (including phenoxy) is 3. The molecule has 0 unspecified atom stereocenters. The fourth-order valence-electron chi connectivity index (χ4n) is 11.8. The molecule has 5 aromatic carbocycles. The van der Waals surface area contributed by atoms with E-state index < -0.39 is 48.5 Å². The van der Waals surface area contributed by atoms with E-state index >= 15 is 4.39 Å². The Bertz CT molecular complexity index is 3780. The molecule has 18 nitrogen and oxygen atoms in total. The maximum atomic E-state index is 15.6. The minimum absolute atomic E-state index is 0.00558. The van der Waals surface area contributed by atoms with Crippen LogP contribution in [0.5, 0.6) is 11.8 Å². The largest absolute Gasteiger partial charge is 0.486 e. The van der Waals surface area contributed by atoms with Crippen molar-refractivity contribution < 1.29 is 42.8 Å². The molecule has 12 rings (SSSR count). The zero-order valence-corrected chi connectivity index (χ0v) is 46.3. The first-order valence-electron chi connectivity index (χ1n) is 27.3. The second-order valence-corrected chi connectivity index (χ2v) is 23.1. The maximum Gasteiger partial charge on any atom is 0.319 e. The number of nitrogens with one attached hydrogen (secondary N) is 2. The summed E-state index contributed by atoms with van der Waals surface area (Å²) in [4.78, 5) is 42.3. The zero-order chi connectivity index (χ0) is 56.9. The van der Waals surface area contributed by atoms with E-state index in [1.807, 2.05) is 38.1 Å². The number of anilines is 2. The summed E-state index contributed by atoms with van der Waals surface area (Å²) < 4.78 is 50.9. The summed E-state index contributed by atoms with van der Waals surface area (Å²) >= 11 is 8.39. The number of thiophene rings is 1. The standard InChI is InChI=1S/C60H58ClF2N11O7S/c1-31(2)53(59(78)73-27-38(76)22-49(73)58(77)67-48(29-75)35-13-11-33(12-14-35)40-5-3-4-6-45(40)62)74-28-47(70-71-74)34-9-7-32(8-10-34)30-80-54-51(41-15-16-46(63)55-50(41)43(24-64)56(65)82-55)44(61)23-42-52(54)68-60(81-39-17-19-79-20-18-39)69-57(42)72-26-36-21-37(72)25-66-36/h3-16,23,28,31,36-39,48-49,53,66,75-76H,17-22,25-27,29-30,65H2,1-2H3,(H,67,77)/t36-,37-,38+,48-,49-,53-/m0/s1. The molecule has 4 aliphatic rings. The molecule has 4 fully saturated rings. The van der Waals surface area contributed by atoms with E-state index in [0.717, 1.165) is 29.9 Å². The molecule has 6 atom stereocenters. The van der Waals surface area contributed by atoms with E-state index in [1.54, 1.807) is 60.8 Å². The molecule has 0 aliphatic carbocycles. The van der Waals surface area contributed by atoms with Crippen molar-refractivity contribution in [1.29, 1.82) is 5.26 Å². The lowest BCUT2D eigenvalue weighted by Crippen LogP contribution is -2.50. The molecular weight excluding hydrogens is 1090 g/mol. The lowest BCUT2D eigenvalue weighted by atomic mass is 9.96. The number of nitrogens with two attached hydrogens (primary N) is 1. The smallest absolute Gasteiger partial charge is 0.319 e. The van der Waals surface area contributed by atoms with Crippen molar-refractivity contribution in [2.75, 3.05) is 50.1 Å². The number of likely N-dealkylation sites (tertiary alicyclic amines) is 1. The number of β-amino-alcohol motifs (C(OH)–C–C–N with tert-alkyl or cyclic N) is 1. The predicted molar refractivity (Wildman–Crippen MR) is 306 cm³/mol. The molecule has 422 valence electrons. The van der Waals surface area contributed by atoms with Crippen LogP contribution in [-0.4, -0.2) is 122 Å². The molecular formula is C60H58ClF2N11O7S. The molecule has 4 aliphatic heterocycles. The average Bonchev–Trinajstić information content (AvgIpc) is 3.69. The van der Waals surface area contributed by atoms with Gasteiger partial charge in [0.2, 0.25) is 11.8 Å². The number of aliphatic hydroxyl groups excluding tert-OH is 2. The van der Waals surface area contributed by atoms with Crippen molar-refractivity contribution in [3.63, 3.8) is 0 Å². The van der Waals surface area contributed by atoms with Crippen LogP contribution in [0, 0.1) is 28.9 Å². The summed E-state index contributed by atoms with van der Waals surface area (Å²) in [6.45, 7) is 5.77. The summed E-state index contributed by atoms with van der Waals surface area (Å²) in [5, 5.41) is 48.3. The Morgan fingerprint density at radius 3 is 2.46 bits per heavy atom. The third-order valence-electron chi connectivity index (χ3n) is 16.0. The van der Waals surface area contributed by atoms with Crippen LogP contribution < -0.4 is 30.7 Å². The highest BCUT2D eigenvalue weighted by Gasteiger charge is 2.44. The van der Waals surface area contributed by atoms with Gasteiger partial charge in [0.25, 0.3) is 0 Å². The predicted octanol–water partition coefficient (Wildman–Crippen LogP) is 8.52. The second-order valence-electron chi connectivity index (χ2n) is 21.6. The molecule has 2 bridgehead atoms. The minimum atomic E-state index is -1.05. The molecule has 7 heterocycles. The molecule has 6 N–H and O–H groups in total. The number of piperazine rings is 1. The van der Waals surface area contributed by atoms with E-state index in [0.29, 0.717) is 93.8 Å². The summed E-state index contributed by atoms with van der Waals surface area (Å²) in [6.07, 6.45) is 2.76. The maximum absolute atomic E-state index is 15.6. The first kappa shape index (κ1) is 54.7. The number of aromatic nitrogens is 5. The monoisotopic (exact) mass is 1150 g/mol. The van der Waals surface area contributed by atoms with Gasteiger partial charge in [0.1, 0.15) is 64.5 Å². The van der Waals surface area contributed by atoms with Crippen LogP contribution >= 0.6 is 22.9 Å². The minimum Gasteiger partial charge on any atom is -0.486 e. The van der Waals surface area contributed by atoms with Gasteiger partial charge in [-0.3, -0.25) is 9.59 Å². The number of nitrogen functional groups attached to an aromatic ring is 1. The highest BCUT2D eigenvalue weighted by molar-refractivity contribution is 7.23. The van der Waals surface area contributed by atoms with Gasteiger partial charge in [0.15, 0.2) is 5.75 Å². The Morgan fingerprint density at radius 2 is 1.76 bits per heavy atom. The summed E-state index contributed by atoms with van der Waals surface area (Å²) in [6, 6.07) is 25.4. The van der Waals surface area contributed by atoms with E-state index in [1.165, 1.54) is 21.7 Å². The van der Waals surface area contributed by atoms with Crippen LogP contribution in [0.2, 0.25) is 5.02 Å². The fraction of sp³-hybridized carbons (Fsp3) is 0.350. The van der Waals surface area contributed by atoms with Crippen molar-refractivity contribution in [2.24, 2.45) is 5.92 Å². The molecule has 4 saturated heterocycles. The lowest BCUT2D eigenvalue weighted by molar-refractivity contribution is -0.142. The van der Waals surface area contributed by atoms with Crippen LogP contribution in [0.25, 0.3) is 54.5 Å². The van der Waals surface area contributed by atoms with Gasteiger partial charge in [-0.15, -0.1) is 16.4 Å². The third kappa shape index (κ3) is 10.4. The molecule has 3 aromatic heterocycles. The molecule has 22 heteroatoms. The number of amides is 2. The number of aliphatic hydroxyl groups is 2. The van der Waals surface area contributed by atoms with Gasteiger partial charge in [0.05, 0.1) is 53.4 Å². The van der Waals surface area contributed by atoms with Crippen molar-refractivity contribution >= 4 is 66.6 Å². The van der Waals surface area contributed by atoms with Crippen LogP contribution in [0.1, 0.15) is 68.3 Å². The van der Waals surface area contributed by atoms with E-state index in [4.69, 9.17) is 41.5 Å². The van der Waals surface area contributed by atoms with Crippen LogP contribution in [0.3, 0.4) is 0 Å². The van der Waals surface area contributed by atoms with Crippen molar-refractivity contribution in [2.45, 2.75) is 88.6 Å². The molecule has 0 spiro atoms. The Labute approximate surface area is 479 Å². The normalized spacial score (nSPS) is 19.7. The highest BCUT2D eigenvalue weighted by Crippen LogP contribution is 2.50. The number of rotatable bonds is 16. The molecule has 0 saturated carbocycles. The average molecular weight is 1150 g/mol. The molecule has 2 amide bonds. The first-order valence-corrected chi connectivity index (χ1v) is 28.5. The number of carbonyl (C=O) groups excluding carboxylic acids is 2. The summed E-state index contributed by atoms with van der Waals surface area (Å²) in [7, 11) is 0. The number of fused-ring (bicyclic) bond motifs is 4. The van der Waals surface area contributed by atoms with Gasteiger partial charge < -0.3 is 50.6 Å². The van der Waals surface area contributed by atoms with Gasteiger partial charge in [-0.2, -0.15) is 15.2 Å². The second kappa shape index (κ2) is 22.8. The van der Waals surface area contributed by atoms with Crippen molar-refractivity contribution in [3.8, 4) is 51.3 Å². The Balaban J connectivity index is 0.818. The van der Waals surface area contributed by atoms with Crippen LogP contribution in [0.15, 0.2) is 97.2 Å². The van der Waals surface area contributed by atoms with Gasteiger partial charge in [0, 0.05) is 78.4 Å². The number of hydrogen-bond donors (Lipinski definition) is 5. The summed E-state index contributed by atoms with van der Waals surface area (Å²) in [5.74, 6) is -1.29. The third-order valence-corrected chi connectivity index (χ3v) is 17.3. The number of halogens is 3. The number of benzene rings is 5. The number of carbonyl (C=O) groups is 2. The van der Waals surface area contributed by atoms with E-state index in [9.17, 15) is 29.5 Å². The molecule has 82 heavy (non-hydrogen) atoms. The van der Waals surface area contributed by atoms with E-state index in [-0.39, 0.29) is 81.5 Å². The van der Waals surface area contributed by atoms with Gasteiger partial charge in [-0.05, 0) is 52.8 Å². The van der Waals surface area contributed by atoms with Gasteiger partial charge in [-0.1, -0.05) is 103 Å². The van der Waals surface area contributed by atoms with Gasteiger partial charge >= 0.3 is 6.01 Å². The Kier molecular flexibility index (Phi) is 15.2. The Morgan fingerprint density at radius 1 is 0.988 bits per heavy atom. The fourth-order valence-corrected chi connectivity index (χ4v) is 13.1. The van der Waals surface area contributed by atoms with Gasteiger partial charge in [-0.25, -0.2) is 13.5 Å². The number of nitriles is 1. The van der Waals surface area contributed by atoms with Crippen molar-refractivity contribution in [1.82, 2.24) is 40.5 Å². The Hall–Kier alpha value is -7.84. The molecule has 0 radical (unpaired) electrons. The van der Waals surface area contributed by atoms with Crippen LogP contribution in [-0.2, 0) is 20.9 Å². The highest BCUT2D eigenvalue weighted by atomic mass is 35.5. The summed E-state index contributed by atoms with van der Waals surface area (Å²) in [5.41, 5.74) is 11.2. The van der Waals surface area contributed by atoms with E-state index in [2.05, 4.69) is 31.9 Å². The quantitative estimate of drug-likeness (QED) is 0.0609. The SMILES string of the molecule is CC(C)[C@@H](C(=O)N1C[C@H](O)C[C@H]1C(=O)N[C@@H](CO)c1ccc(-c2ccccc2F)cc1)n1cc(-c2ccc(COc3c(-c4ccc(F)c5sc(N)c(C#N)c45)c(Cl)cc4c(N5C[C@@H]6C[C@H]5CN6)nc(OC5CCOCC5)nc34)cc2)nn1. The van der Waals surface area contributed by atoms with Crippen molar-refractivity contribution in [3.05, 3.63) is 131 Å². The zero-order valence-electron chi connectivity index (χ0n) is 44.8. The number of nitrogens with zero attached hydrogens (tertiary/aromatic N) is 8. The topological polar surface area (TPSA) is 239 Å². The van der Waals surface area contributed by atoms with Crippen LogP contribution in [0.4, 0.5) is 19.6 Å². The first-order chi connectivity index (χ1) is 39.7. The molecule has 8 aromatic rings.